The van der Waals surface area contributed by atoms with Gasteiger partial charge in [-0.15, -0.1) is 0 Å². The summed E-state index contributed by atoms with van der Waals surface area (Å²) in [6.45, 7) is 0.833. The normalized spacial score (nSPS) is 30.7. The third-order valence-electron chi connectivity index (χ3n) is 1.82. The monoisotopic (exact) mass is 163 g/mol. The average molecular weight is 163 g/mol. The van der Waals surface area contributed by atoms with Gasteiger partial charge < -0.3 is 5.32 Å². The fourth-order valence-electron chi connectivity index (χ4n) is 1.32. The van der Waals surface area contributed by atoms with Crippen LogP contribution in [0.3, 0.4) is 0 Å². The molecule has 10 heavy (non-hydrogen) atoms. The van der Waals surface area contributed by atoms with Gasteiger partial charge in [-0.3, -0.25) is 0 Å². The Morgan fingerprint density at radius 1 is 1.60 bits per heavy atom. The van der Waals surface area contributed by atoms with E-state index < -0.39 is 9.84 Å². The first kappa shape index (κ1) is 8.01. The number of sulfone groups is 1. The molecule has 1 saturated heterocycles. The van der Waals surface area contributed by atoms with Crippen LogP contribution in [0.2, 0.25) is 0 Å². The summed E-state index contributed by atoms with van der Waals surface area (Å²) < 4.78 is 21.8. The average Bonchev–Trinajstić information content (AvgIpc) is 2.12. The van der Waals surface area contributed by atoms with Gasteiger partial charge in [0.15, 0.2) is 9.84 Å². The Balaban J connectivity index is 2.44. The first-order chi connectivity index (χ1) is 4.64. The van der Waals surface area contributed by atoms with Crippen molar-refractivity contribution < 1.29 is 8.42 Å². The highest BCUT2D eigenvalue weighted by molar-refractivity contribution is 7.91. The summed E-state index contributed by atoms with van der Waals surface area (Å²) in [6, 6.07) is 0. The Morgan fingerprint density at radius 2 is 2.30 bits per heavy atom. The fourth-order valence-corrected chi connectivity index (χ4v) is 3.18. The zero-order valence-electron chi connectivity index (χ0n) is 6.13. The van der Waals surface area contributed by atoms with Crippen molar-refractivity contribution in [3.05, 3.63) is 0 Å². The van der Waals surface area contributed by atoms with Crippen LogP contribution in [0.4, 0.5) is 0 Å². The number of hydrogen-bond donors (Lipinski definition) is 1. The Morgan fingerprint density at radius 3 is 2.70 bits per heavy atom. The molecule has 0 spiro atoms. The van der Waals surface area contributed by atoms with Crippen LogP contribution in [-0.4, -0.2) is 33.5 Å². The van der Waals surface area contributed by atoms with Crippen LogP contribution in [0.5, 0.6) is 0 Å². The van der Waals surface area contributed by atoms with Gasteiger partial charge in [-0.2, -0.15) is 0 Å². The summed E-state index contributed by atoms with van der Waals surface area (Å²) in [5.41, 5.74) is 0. The Kier molecular flexibility index (Phi) is 2.31. The Hall–Kier alpha value is -0.0900. The molecule has 0 unspecified atom stereocenters. The SMILES string of the molecule is CNC[C@H]1CCS(=O)(=O)C1. The minimum absolute atomic E-state index is 0.356. The van der Waals surface area contributed by atoms with E-state index in [1.165, 1.54) is 0 Å². The van der Waals surface area contributed by atoms with Gasteiger partial charge in [0.2, 0.25) is 0 Å². The second kappa shape index (κ2) is 2.88. The van der Waals surface area contributed by atoms with Crippen molar-refractivity contribution in [3.63, 3.8) is 0 Å². The van der Waals surface area contributed by atoms with Gasteiger partial charge in [-0.1, -0.05) is 0 Å². The standard InChI is InChI=1S/C6H13NO2S/c1-7-4-6-2-3-10(8,9)5-6/h6-7H,2-5H2,1H3/t6-/m1/s1. The second-order valence-electron chi connectivity index (χ2n) is 2.83. The highest BCUT2D eigenvalue weighted by Gasteiger charge is 2.26. The summed E-state index contributed by atoms with van der Waals surface area (Å²) in [7, 11) is -0.806. The third-order valence-corrected chi connectivity index (χ3v) is 3.66. The lowest BCUT2D eigenvalue weighted by Crippen LogP contribution is -2.19. The molecular formula is C6H13NO2S. The van der Waals surface area contributed by atoms with Gasteiger partial charge in [-0.05, 0) is 25.9 Å². The van der Waals surface area contributed by atoms with Gasteiger partial charge in [0.1, 0.15) is 0 Å². The summed E-state index contributed by atoms with van der Waals surface area (Å²) in [6.07, 6.45) is 0.836. The topological polar surface area (TPSA) is 46.2 Å². The molecule has 0 aromatic carbocycles. The van der Waals surface area contributed by atoms with Gasteiger partial charge in [0.05, 0.1) is 11.5 Å². The molecule has 0 aliphatic carbocycles. The molecule has 0 radical (unpaired) electrons. The van der Waals surface area contributed by atoms with Crippen LogP contribution >= 0.6 is 0 Å². The van der Waals surface area contributed by atoms with Crippen molar-refractivity contribution >= 4 is 9.84 Å². The fraction of sp³-hybridized carbons (Fsp3) is 1.00. The lowest BCUT2D eigenvalue weighted by Gasteiger charge is -2.03. The predicted octanol–water partition coefficient (Wildman–Crippen LogP) is -0.359. The molecule has 0 bridgehead atoms. The van der Waals surface area contributed by atoms with Crippen LogP contribution < -0.4 is 5.32 Å². The van der Waals surface area contributed by atoms with E-state index in [0.717, 1.165) is 13.0 Å². The van der Waals surface area contributed by atoms with Crippen molar-refractivity contribution in [1.82, 2.24) is 5.32 Å². The Bertz CT molecular complexity index is 198. The van der Waals surface area contributed by atoms with Gasteiger partial charge in [-0.25, -0.2) is 8.42 Å². The maximum atomic E-state index is 10.9. The van der Waals surface area contributed by atoms with Gasteiger partial charge in [0, 0.05) is 0 Å². The van der Waals surface area contributed by atoms with Crippen molar-refractivity contribution in [1.29, 1.82) is 0 Å². The lowest BCUT2D eigenvalue weighted by molar-refractivity contribution is 0.552. The molecule has 1 rings (SSSR count). The first-order valence-electron chi connectivity index (χ1n) is 3.49. The minimum atomic E-state index is -2.66. The molecule has 0 aromatic heterocycles. The van der Waals surface area contributed by atoms with Crippen molar-refractivity contribution in [2.75, 3.05) is 25.1 Å². The molecule has 1 aliphatic rings. The zero-order chi connectivity index (χ0) is 7.61. The Labute approximate surface area is 61.7 Å². The van der Waals surface area contributed by atoms with Gasteiger partial charge in [0.25, 0.3) is 0 Å². The van der Waals surface area contributed by atoms with Crippen LogP contribution in [0.15, 0.2) is 0 Å². The quantitative estimate of drug-likeness (QED) is 0.604. The van der Waals surface area contributed by atoms with E-state index in [1.54, 1.807) is 0 Å². The van der Waals surface area contributed by atoms with Crippen molar-refractivity contribution in [3.8, 4) is 0 Å². The third kappa shape index (κ3) is 1.95. The van der Waals surface area contributed by atoms with E-state index in [2.05, 4.69) is 5.32 Å². The van der Waals surface area contributed by atoms with Crippen LogP contribution in [0.25, 0.3) is 0 Å². The number of rotatable bonds is 2. The van der Waals surface area contributed by atoms with E-state index in [0.29, 0.717) is 17.4 Å². The molecule has 4 heteroatoms. The molecule has 0 amide bonds. The first-order valence-corrected chi connectivity index (χ1v) is 5.31. The van der Waals surface area contributed by atoms with E-state index in [9.17, 15) is 8.42 Å². The molecule has 1 atom stereocenters. The maximum Gasteiger partial charge on any atom is 0.150 e. The second-order valence-corrected chi connectivity index (χ2v) is 5.06. The van der Waals surface area contributed by atoms with E-state index in [4.69, 9.17) is 0 Å². The minimum Gasteiger partial charge on any atom is -0.319 e. The summed E-state index contributed by atoms with van der Waals surface area (Å²) in [4.78, 5) is 0. The van der Waals surface area contributed by atoms with Crippen LogP contribution in [-0.2, 0) is 9.84 Å². The van der Waals surface area contributed by atoms with Crippen LogP contribution in [0, 0.1) is 5.92 Å². The number of nitrogens with one attached hydrogen (secondary N) is 1. The largest absolute Gasteiger partial charge is 0.319 e. The molecule has 1 fully saturated rings. The molecule has 60 valence electrons. The molecule has 1 aliphatic heterocycles. The predicted molar refractivity (Wildman–Crippen MR) is 40.7 cm³/mol. The van der Waals surface area contributed by atoms with Gasteiger partial charge >= 0.3 is 0 Å². The molecular weight excluding hydrogens is 150 g/mol. The van der Waals surface area contributed by atoms with E-state index in [-0.39, 0.29) is 0 Å². The lowest BCUT2D eigenvalue weighted by atomic mass is 10.1. The number of hydrogen-bond acceptors (Lipinski definition) is 3. The van der Waals surface area contributed by atoms with E-state index >= 15 is 0 Å². The molecule has 0 saturated carbocycles. The summed E-state index contributed by atoms with van der Waals surface area (Å²) >= 11 is 0. The highest BCUT2D eigenvalue weighted by Crippen LogP contribution is 2.16. The van der Waals surface area contributed by atoms with Crippen molar-refractivity contribution in [2.45, 2.75) is 6.42 Å². The molecule has 1 N–H and O–H groups in total. The summed E-state index contributed by atoms with van der Waals surface area (Å²) in [5.74, 6) is 1.13. The molecule has 1 heterocycles. The van der Waals surface area contributed by atoms with E-state index in [1.807, 2.05) is 7.05 Å². The molecule has 0 aromatic rings. The van der Waals surface area contributed by atoms with Crippen LogP contribution in [0.1, 0.15) is 6.42 Å². The smallest absolute Gasteiger partial charge is 0.150 e. The molecule has 3 nitrogen and oxygen atoms in total. The maximum absolute atomic E-state index is 10.9. The summed E-state index contributed by atoms with van der Waals surface area (Å²) in [5, 5.41) is 2.98. The highest BCUT2D eigenvalue weighted by atomic mass is 32.2. The zero-order valence-corrected chi connectivity index (χ0v) is 6.95. The van der Waals surface area contributed by atoms with Crippen molar-refractivity contribution in [2.24, 2.45) is 5.92 Å².